The van der Waals surface area contributed by atoms with Gasteiger partial charge in [0.1, 0.15) is 16.3 Å². The zero-order chi connectivity index (χ0) is 21.2. The minimum absolute atomic E-state index is 0.0378. The molecule has 8 nitrogen and oxygen atoms in total. The highest BCUT2D eigenvalue weighted by molar-refractivity contribution is 7.89. The number of aryl methyl sites for hydroxylation is 2. The van der Waals surface area contributed by atoms with Gasteiger partial charge in [0.2, 0.25) is 10.0 Å². The third-order valence-corrected chi connectivity index (χ3v) is 6.78. The highest BCUT2D eigenvalue weighted by atomic mass is 32.2. The van der Waals surface area contributed by atoms with Crippen molar-refractivity contribution in [3.8, 4) is 5.75 Å². The lowest BCUT2D eigenvalue weighted by Gasteiger charge is -2.22. The summed E-state index contributed by atoms with van der Waals surface area (Å²) < 4.78 is 61.0. The molecule has 0 unspecified atom stereocenters. The number of hydrogen-bond acceptors (Lipinski definition) is 6. The number of carbonyl (C=O) groups excluding carboxylic acids is 1. The molecule has 158 valence electrons. The summed E-state index contributed by atoms with van der Waals surface area (Å²) in [6.07, 6.45) is 0.459. The van der Waals surface area contributed by atoms with Crippen LogP contribution >= 0.6 is 0 Å². The van der Waals surface area contributed by atoms with E-state index in [0.717, 1.165) is 0 Å². The number of nitrogens with zero attached hydrogens (tertiary/aromatic N) is 3. The summed E-state index contributed by atoms with van der Waals surface area (Å²) in [6.45, 7) is 1.15. The van der Waals surface area contributed by atoms with Gasteiger partial charge in [-0.15, -0.1) is 0 Å². The Morgan fingerprint density at radius 3 is 2.41 bits per heavy atom. The summed E-state index contributed by atoms with van der Waals surface area (Å²) >= 11 is 0. The number of ether oxygens (including phenoxy) is 1. The minimum atomic E-state index is -3.78. The molecular weight excluding hydrogens is 408 g/mol. The second kappa shape index (κ2) is 8.46. The Labute approximate surface area is 167 Å². The molecule has 0 N–H and O–H groups in total. The highest BCUT2D eigenvalue weighted by Crippen LogP contribution is 2.24. The van der Waals surface area contributed by atoms with Crippen molar-refractivity contribution in [1.29, 1.82) is 0 Å². The number of benzene rings is 1. The van der Waals surface area contributed by atoms with Crippen LogP contribution < -0.4 is 4.74 Å². The average molecular weight is 429 g/mol. The maximum absolute atomic E-state index is 13.0. The quantitative estimate of drug-likeness (QED) is 0.725. The maximum atomic E-state index is 13.0. The molecule has 11 heteroatoms. The van der Waals surface area contributed by atoms with E-state index in [0.29, 0.717) is 24.2 Å². The van der Waals surface area contributed by atoms with Gasteiger partial charge >= 0.3 is 6.61 Å². The minimum Gasteiger partial charge on any atom is -0.435 e. The monoisotopic (exact) mass is 429 g/mol. The third kappa shape index (κ3) is 4.56. The molecule has 1 amide bonds. The topological polar surface area (TPSA) is 93.0 Å². The molecule has 1 aromatic carbocycles. The molecule has 0 saturated carbocycles. The van der Waals surface area contributed by atoms with Crippen molar-refractivity contribution in [2.24, 2.45) is 0 Å². The van der Waals surface area contributed by atoms with Crippen molar-refractivity contribution in [1.82, 2.24) is 14.4 Å². The Morgan fingerprint density at radius 1 is 1.14 bits per heavy atom. The summed E-state index contributed by atoms with van der Waals surface area (Å²) in [5.41, 5.74) is 0.611. The predicted molar refractivity (Wildman–Crippen MR) is 98.3 cm³/mol. The number of amides is 1. The smallest absolute Gasteiger partial charge is 0.387 e. The largest absolute Gasteiger partial charge is 0.435 e. The first-order chi connectivity index (χ1) is 13.7. The van der Waals surface area contributed by atoms with Gasteiger partial charge in [0.05, 0.1) is 0 Å². The van der Waals surface area contributed by atoms with Crippen LogP contribution in [0.2, 0.25) is 0 Å². The Kier molecular flexibility index (Phi) is 6.18. The number of sulfonamides is 1. The number of hydrogen-bond donors (Lipinski definition) is 0. The van der Waals surface area contributed by atoms with E-state index in [1.165, 1.54) is 28.6 Å². The maximum Gasteiger partial charge on any atom is 0.387 e. The van der Waals surface area contributed by atoms with Gasteiger partial charge in [-0.3, -0.25) is 4.79 Å². The first-order valence-corrected chi connectivity index (χ1v) is 10.4. The molecule has 0 bridgehead atoms. The molecule has 1 aliphatic rings. The molecule has 2 aromatic rings. The van der Waals surface area contributed by atoms with Crippen LogP contribution in [0.3, 0.4) is 0 Å². The molecule has 2 heterocycles. The Bertz CT molecular complexity index is 956. The zero-order valence-corrected chi connectivity index (χ0v) is 16.8. The van der Waals surface area contributed by atoms with E-state index in [1.54, 1.807) is 18.7 Å². The van der Waals surface area contributed by atoms with Crippen LogP contribution in [-0.2, 0) is 10.0 Å². The normalized spacial score (nSPS) is 16.1. The second-order valence-corrected chi connectivity index (χ2v) is 8.48. The van der Waals surface area contributed by atoms with Gasteiger partial charge in [0, 0.05) is 31.7 Å². The molecule has 1 aliphatic heterocycles. The molecule has 0 aliphatic carbocycles. The fraction of sp³-hybridized carbons (Fsp3) is 0.444. The van der Waals surface area contributed by atoms with Crippen molar-refractivity contribution in [3.05, 3.63) is 41.3 Å². The Balaban J connectivity index is 1.70. The van der Waals surface area contributed by atoms with E-state index >= 15 is 0 Å². The molecule has 0 spiro atoms. The van der Waals surface area contributed by atoms with Gasteiger partial charge in [0.25, 0.3) is 5.91 Å². The lowest BCUT2D eigenvalue weighted by Crippen LogP contribution is -2.37. The summed E-state index contributed by atoms with van der Waals surface area (Å²) in [4.78, 5) is 14.3. The fourth-order valence-electron chi connectivity index (χ4n) is 3.27. The SMILES string of the molecule is Cc1noc(C)c1S(=O)(=O)N1CCCN(C(=O)c2ccc(OC(F)F)cc2)CC1. The van der Waals surface area contributed by atoms with Crippen LogP contribution in [0, 0.1) is 13.8 Å². The van der Waals surface area contributed by atoms with E-state index in [1.807, 2.05) is 0 Å². The van der Waals surface area contributed by atoms with Crippen molar-refractivity contribution in [3.63, 3.8) is 0 Å². The molecule has 1 aromatic heterocycles. The van der Waals surface area contributed by atoms with Crippen molar-refractivity contribution >= 4 is 15.9 Å². The average Bonchev–Trinajstić information content (AvgIpc) is 2.86. The lowest BCUT2D eigenvalue weighted by molar-refractivity contribution is -0.0498. The van der Waals surface area contributed by atoms with Crippen molar-refractivity contribution in [2.75, 3.05) is 26.2 Å². The number of aromatic nitrogens is 1. The standard InChI is InChI=1S/C18H21F2N3O5S/c1-12-16(13(2)28-21-12)29(25,26)23-9-3-8-22(10-11-23)17(24)14-4-6-15(7-5-14)27-18(19)20/h4-7,18H,3,8-11H2,1-2H3. The van der Waals surface area contributed by atoms with Gasteiger partial charge in [-0.05, 0) is 44.5 Å². The molecule has 0 atom stereocenters. The summed E-state index contributed by atoms with van der Waals surface area (Å²) in [7, 11) is -3.78. The second-order valence-electron chi connectivity index (χ2n) is 6.61. The van der Waals surface area contributed by atoms with Gasteiger partial charge in [-0.25, -0.2) is 8.42 Å². The van der Waals surface area contributed by atoms with E-state index in [2.05, 4.69) is 9.89 Å². The summed E-state index contributed by atoms with van der Waals surface area (Å²) in [5.74, 6) is -0.111. The number of alkyl halides is 2. The van der Waals surface area contributed by atoms with E-state index in [9.17, 15) is 22.0 Å². The van der Waals surface area contributed by atoms with Crippen LogP contribution in [0.1, 0.15) is 28.2 Å². The van der Waals surface area contributed by atoms with Gasteiger partial charge in [0.15, 0.2) is 5.76 Å². The van der Waals surface area contributed by atoms with Crippen LogP contribution in [0.5, 0.6) is 5.75 Å². The molecule has 0 radical (unpaired) electrons. The van der Waals surface area contributed by atoms with Crippen LogP contribution in [0.15, 0.2) is 33.7 Å². The van der Waals surface area contributed by atoms with Crippen molar-refractivity contribution in [2.45, 2.75) is 31.8 Å². The lowest BCUT2D eigenvalue weighted by atomic mass is 10.2. The Hall–Kier alpha value is -2.53. The van der Waals surface area contributed by atoms with Crippen LogP contribution in [-0.4, -0.2) is 61.5 Å². The van der Waals surface area contributed by atoms with Crippen LogP contribution in [0.25, 0.3) is 0 Å². The number of carbonyl (C=O) groups is 1. The third-order valence-electron chi connectivity index (χ3n) is 4.63. The Morgan fingerprint density at radius 2 is 1.83 bits per heavy atom. The van der Waals surface area contributed by atoms with E-state index in [-0.39, 0.29) is 41.9 Å². The molecule has 1 fully saturated rings. The fourth-order valence-corrected chi connectivity index (χ4v) is 5.03. The van der Waals surface area contributed by atoms with E-state index in [4.69, 9.17) is 4.52 Å². The predicted octanol–water partition coefficient (Wildman–Crippen LogP) is 2.43. The summed E-state index contributed by atoms with van der Waals surface area (Å²) in [5, 5.41) is 3.71. The van der Waals surface area contributed by atoms with Crippen molar-refractivity contribution < 1.29 is 31.3 Å². The molecular formula is C18H21F2N3O5S. The molecule has 1 saturated heterocycles. The van der Waals surface area contributed by atoms with E-state index < -0.39 is 16.6 Å². The first-order valence-electron chi connectivity index (χ1n) is 8.97. The van der Waals surface area contributed by atoms with Gasteiger partial charge < -0.3 is 14.2 Å². The highest BCUT2D eigenvalue weighted by Gasteiger charge is 2.33. The van der Waals surface area contributed by atoms with Crippen LogP contribution in [0.4, 0.5) is 8.78 Å². The molecule has 29 heavy (non-hydrogen) atoms. The molecule has 3 rings (SSSR count). The number of halogens is 2. The van der Waals surface area contributed by atoms with Gasteiger partial charge in [-0.2, -0.15) is 13.1 Å². The van der Waals surface area contributed by atoms with Gasteiger partial charge in [-0.1, -0.05) is 5.16 Å². The summed E-state index contributed by atoms with van der Waals surface area (Å²) in [6, 6.07) is 5.41. The zero-order valence-electron chi connectivity index (χ0n) is 16.0. The number of rotatable bonds is 5. The first kappa shape index (κ1) is 21.2.